The largest absolute Gasteiger partial charge is 0.444 e. The smallest absolute Gasteiger partial charge is 0.226 e. The molecule has 31 heavy (non-hydrogen) atoms. The molecule has 146 valence electrons. The zero-order valence-corrected chi connectivity index (χ0v) is 16.8. The summed E-state index contributed by atoms with van der Waals surface area (Å²) in [6.45, 7) is 0. The van der Waals surface area contributed by atoms with E-state index in [1.54, 1.807) is 6.26 Å². The van der Waals surface area contributed by atoms with Gasteiger partial charge in [0.15, 0.2) is 0 Å². The van der Waals surface area contributed by atoms with Gasteiger partial charge in [-0.1, -0.05) is 91.0 Å². The van der Waals surface area contributed by atoms with E-state index in [0.717, 1.165) is 16.8 Å². The first kappa shape index (κ1) is 17.7. The predicted molar refractivity (Wildman–Crippen MR) is 128 cm³/mol. The molecule has 0 spiro atoms. The van der Waals surface area contributed by atoms with Gasteiger partial charge in [-0.05, 0) is 50.9 Å². The van der Waals surface area contributed by atoms with Crippen LogP contribution < -0.4 is 0 Å². The summed E-state index contributed by atoms with van der Waals surface area (Å²) in [4.78, 5) is 4.69. The second-order valence-corrected chi connectivity index (χ2v) is 7.68. The number of hydrogen-bond acceptors (Lipinski definition) is 2. The lowest BCUT2D eigenvalue weighted by atomic mass is 9.91. The van der Waals surface area contributed by atoms with Gasteiger partial charge in [0, 0.05) is 11.1 Å². The highest BCUT2D eigenvalue weighted by atomic mass is 16.3. The Kier molecular flexibility index (Phi) is 4.14. The molecule has 6 rings (SSSR count). The third kappa shape index (κ3) is 3.10. The standard InChI is InChI=1S/C29H19NO/c1-2-8-22(9-3-1)29-30-27(19-31-29)20-14-16-21(17-15-20)28-25-12-6-4-10-23(25)18-24-11-5-7-13-26(24)28/h1-19H. The minimum Gasteiger partial charge on any atom is -0.444 e. The number of oxazole rings is 1. The Morgan fingerprint density at radius 1 is 0.516 bits per heavy atom. The Labute approximate surface area is 180 Å². The van der Waals surface area contributed by atoms with Crippen molar-refractivity contribution in [3.8, 4) is 33.8 Å². The van der Waals surface area contributed by atoms with Crippen LogP contribution in [0.5, 0.6) is 0 Å². The SMILES string of the molecule is c1ccc(-c2nc(-c3ccc(-c4c5ccccc5cc5ccccc45)cc3)co2)cc1. The number of rotatable bonds is 3. The molecule has 0 atom stereocenters. The summed E-state index contributed by atoms with van der Waals surface area (Å²) in [5.41, 5.74) is 5.33. The van der Waals surface area contributed by atoms with E-state index in [0.29, 0.717) is 5.89 Å². The molecule has 1 aromatic heterocycles. The molecule has 0 N–H and O–H groups in total. The summed E-state index contributed by atoms with van der Waals surface area (Å²) in [6, 6.07) is 38.0. The average Bonchev–Trinajstić information content (AvgIpc) is 3.34. The van der Waals surface area contributed by atoms with Crippen molar-refractivity contribution in [1.29, 1.82) is 0 Å². The number of fused-ring (bicyclic) bond motifs is 2. The van der Waals surface area contributed by atoms with Gasteiger partial charge in [-0.3, -0.25) is 0 Å². The first-order valence-corrected chi connectivity index (χ1v) is 10.4. The normalized spacial score (nSPS) is 11.2. The zero-order valence-electron chi connectivity index (χ0n) is 16.8. The van der Waals surface area contributed by atoms with Gasteiger partial charge in [-0.2, -0.15) is 0 Å². The molecule has 2 nitrogen and oxygen atoms in total. The van der Waals surface area contributed by atoms with E-state index in [9.17, 15) is 0 Å². The lowest BCUT2D eigenvalue weighted by molar-refractivity contribution is 0.575. The van der Waals surface area contributed by atoms with Crippen molar-refractivity contribution < 1.29 is 4.42 Å². The summed E-state index contributed by atoms with van der Waals surface area (Å²) in [7, 11) is 0. The summed E-state index contributed by atoms with van der Waals surface area (Å²) >= 11 is 0. The van der Waals surface area contributed by atoms with Crippen molar-refractivity contribution in [3.63, 3.8) is 0 Å². The molecule has 0 bridgehead atoms. The fourth-order valence-electron chi connectivity index (χ4n) is 4.25. The maximum atomic E-state index is 5.72. The number of hydrogen-bond donors (Lipinski definition) is 0. The summed E-state index contributed by atoms with van der Waals surface area (Å²) in [5.74, 6) is 0.639. The van der Waals surface area contributed by atoms with Gasteiger partial charge in [0.25, 0.3) is 0 Å². The van der Waals surface area contributed by atoms with Crippen LogP contribution in [-0.4, -0.2) is 4.98 Å². The van der Waals surface area contributed by atoms with Crippen LogP contribution >= 0.6 is 0 Å². The molecule has 6 aromatic rings. The second kappa shape index (κ2) is 7.26. The Hall–Kier alpha value is -4.17. The molecule has 2 heteroatoms. The van der Waals surface area contributed by atoms with Crippen LogP contribution in [0.4, 0.5) is 0 Å². The Bertz CT molecular complexity index is 1460. The van der Waals surface area contributed by atoms with Crippen molar-refractivity contribution in [1.82, 2.24) is 4.98 Å². The van der Waals surface area contributed by atoms with Crippen molar-refractivity contribution in [2.24, 2.45) is 0 Å². The maximum Gasteiger partial charge on any atom is 0.226 e. The first-order chi connectivity index (χ1) is 15.4. The minimum absolute atomic E-state index is 0.639. The van der Waals surface area contributed by atoms with Gasteiger partial charge in [0.05, 0.1) is 0 Å². The average molecular weight is 397 g/mol. The van der Waals surface area contributed by atoms with Crippen LogP contribution in [0.15, 0.2) is 120 Å². The van der Waals surface area contributed by atoms with Gasteiger partial charge < -0.3 is 4.42 Å². The van der Waals surface area contributed by atoms with E-state index >= 15 is 0 Å². The monoisotopic (exact) mass is 397 g/mol. The number of benzene rings is 5. The topological polar surface area (TPSA) is 26.0 Å². The van der Waals surface area contributed by atoms with Crippen molar-refractivity contribution in [2.75, 3.05) is 0 Å². The summed E-state index contributed by atoms with van der Waals surface area (Å²) < 4.78 is 5.72. The molecular weight excluding hydrogens is 378 g/mol. The molecule has 0 saturated heterocycles. The van der Waals surface area contributed by atoms with Crippen LogP contribution in [0, 0.1) is 0 Å². The van der Waals surface area contributed by atoms with Crippen LogP contribution in [0.25, 0.3) is 55.4 Å². The third-order valence-corrected chi connectivity index (χ3v) is 5.77. The lowest BCUT2D eigenvalue weighted by Crippen LogP contribution is -1.86. The second-order valence-electron chi connectivity index (χ2n) is 7.68. The van der Waals surface area contributed by atoms with E-state index < -0.39 is 0 Å². The van der Waals surface area contributed by atoms with Crippen LogP contribution in [0.2, 0.25) is 0 Å². The van der Waals surface area contributed by atoms with Crippen molar-refractivity contribution >= 4 is 21.5 Å². The van der Waals surface area contributed by atoms with E-state index in [2.05, 4.69) is 83.8 Å². The van der Waals surface area contributed by atoms with Crippen LogP contribution in [-0.2, 0) is 0 Å². The molecule has 0 radical (unpaired) electrons. The highest BCUT2D eigenvalue weighted by molar-refractivity contribution is 6.12. The molecule has 0 unspecified atom stereocenters. The van der Waals surface area contributed by atoms with E-state index in [1.165, 1.54) is 32.7 Å². The van der Waals surface area contributed by atoms with Gasteiger partial charge >= 0.3 is 0 Å². The highest BCUT2D eigenvalue weighted by Crippen LogP contribution is 2.37. The minimum atomic E-state index is 0.639. The third-order valence-electron chi connectivity index (χ3n) is 5.77. The molecule has 0 saturated carbocycles. The fraction of sp³-hybridized carbons (Fsp3) is 0. The van der Waals surface area contributed by atoms with Crippen molar-refractivity contribution in [2.45, 2.75) is 0 Å². The Morgan fingerprint density at radius 2 is 1.10 bits per heavy atom. The molecular formula is C29H19NO. The molecule has 0 amide bonds. The zero-order chi connectivity index (χ0) is 20.6. The van der Waals surface area contributed by atoms with Crippen LogP contribution in [0.3, 0.4) is 0 Å². The Morgan fingerprint density at radius 3 is 1.77 bits per heavy atom. The Balaban J connectivity index is 1.45. The number of nitrogens with zero attached hydrogens (tertiary/aromatic N) is 1. The lowest BCUT2D eigenvalue weighted by Gasteiger charge is -2.12. The summed E-state index contributed by atoms with van der Waals surface area (Å²) in [5, 5.41) is 5.04. The van der Waals surface area contributed by atoms with Crippen molar-refractivity contribution in [3.05, 3.63) is 115 Å². The van der Waals surface area contributed by atoms with Gasteiger partial charge in [-0.25, -0.2) is 4.98 Å². The van der Waals surface area contributed by atoms with E-state index in [1.807, 2.05) is 30.3 Å². The maximum absolute atomic E-state index is 5.72. The van der Waals surface area contributed by atoms with Gasteiger partial charge in [0.2, 0.25) is 5.89 Å². The van der Waals surface area contributed by atoms with E-state index in [-0.39, 0.29) is 0 Å². The fourth-order valence-corrected chi connectivity index (χ4v) is 4.25. The molecule has 5 aromatic carbocycles. The first-order valence-electron chi connectivity index (χ1n) is 10.4. The highest BCUT2D eigenvalue weighted by Gasteiger charge is 2.12. The van der Waals surface area contributed by atoms with Crippen LogP contribution in [0.1, 0.15) is 0 Å². The molecule has 0 aliphatic rings. The molecule has 0 fully saturated rings. The van der Waals surface area contributed by atoms with Gasteiger partial charge in [0.1, 0.15) is 12.0 Å². The molecule has 0 aliphatic carbocycles. The van der Waals surface area contributed by atoms with Gasteiger partial charge in [-0.15, -0.1) is 0 Å². The predicted octanol–water partition coefficient (Wildman–Crippen LogP) is 7.98. The quantitative estimate of drug-likeness (QED) is 0.283. The number of aromatic nitrogens is 1. The molecule has 1 heterocycles. The van der Waals surface area contributed by atoms with E-state index in [4.69, 9.17) is 4.42 Å². The summed E-state index contributed by atoms with van der Waals surface area (Å²) in [6.07, 6.45) is 1.73. The molecule has 0 aliphatic heterocycles.